The number of benzene rings is 1. The van der Waals surface area contributed by atoms with Crippen LogP contribution in [0.4, 0.5) is 4.39 Å². The van der Waals surface area contributed by atoms with E-state index in [4.69, 9.17) is 9.47 Å². The van der Waals surface area contributed by atoms with E-state index in [0.717, 1.165) is 18.4 Å². The molecule has 31 heavy (non-hydrogen) atoms. The van der Waals surface area contributed by atoms with Crippen molar-refractivity contribution in [3.05, 3.63) is 52.0 Å². The van der Waals surface area contributed by atoms with Crippen LogP contribution in [0.5, 0.6) is 5.75 Å². The molecule has 1 aromatic heterocycles. The van der Waals surface area contributed by atoms with E-state index in [1.165, 1.54) is 10.9 Å². The summed E-state index contributed by atoms with van der Waals surface area (Å²) in [5.74, 6) is -0.243. The highest BCUT2D eigenvalue weighted by molar-refractivity contribution is 7.10. The van der Waals surface area contributed by atoms with Crippen molar-refractivity contribution in [2.75, 3.05) is 46.5 Å². The molecule has 0 spiro atoms. The SMILES string of the molecule is COCCCN(CC(=O)N1CCc2sccc2[C@H]1COc1ccccc1F)C[C@H](C)O. The molecule has 6 nitrogen and oxygen atoms in total. The van der Waals surface area contributed by atoms with Gasteiger partial charge in [-0.3, -0.25) is 9.69 Å². The molecule has 0 radical (unpaired) electrons. The molecule has 2 atom stereocenters. The van der Waals surface area contributed by atoms with Gasteiger partial charge >= 0.3 is 0 Å². The molecule has 3 rings (SSSR count). The van der Waals surface area contributed by atoms with Crippen molar-refractivity contribution in [3.63, 3.8) is 0 Å². The molecule has 1 N–H and O–H groups in total. The molecule has 1 aromatic carbocycles. The zero-order valence-corrected chi connectivity index (χ0v) is 18.9. The zero-order valence-electron chi connectivity index (χ0n) is 18.1. The molecule has 2 aromatic rings. The number of halogens is 1. The number of ether oxygens (including phenoxy) is 2. The lowest BCUT2D eigenvalue weighted by Gasteiger charge is -2.37. The number of aliphatic hydroxyl groups excluding tert-OH is 1. The van der Waals surface area contributed by atoms with Crippen molar-refractivity contribution < 1.29 is 23.8 Å². The van der Waals surface area contributed by atoms with Crippen LogP contribution in [-0.2, 0) is 16.0 Å². The third-order valence-corrected chi connectivity index (χ3v) is 6.35. The summed E-state index contributed by atoms with van der Waals surface area (Å²) in [7, 11) is 1.65. The summed E-state index contributed by atoms with van der Waals surface area (Å²) < 4.78 is 24.9. The van der Waals surface area contributed by atoms with Gasteiger partial charge in [0.2, 0.25) is 5.91 Å². The van der Waals surface area contributed by atoms with E-state index in [-0.39, 0.29) is 30.9 Å². The predicted octanol–water partition coefficient (Wildman–Crippen LogP) is 3.11. The van der Waals surface area contributed by atoms with Crippen molar-refractivity contribution in [3.8, 4) is 5.75 Å². The summed E-state index contributed by atoms with van der Waals surface area (Å²) in [5, 5.41) is 11.9. The molecule has 1 aliphatic heterocycles. The molecule has 8 heteroatoms. The second kappa shape index (κ2) is 11.6. The molecule has 2 heterocycles. The first-order valence-electron chi connectivity index (χ1n) is 10.6. The van der Waals surface area contributed by atoms with Gasteiger partial charge in [-0.05, 0) is 48.9 Å². The van der Waals surface area contributed by atoms with Crippen molar-refractivity contribution in [2.24, 2.45) is 0 Å². The summed E-state index contributed by atoms with van der Waals surface area (Å²) in [4.78, 5) is 18.3. The van der Waals surface area contributed by atoms with Crippen LogP contribution in [0.15, 0.2) is 35.7 Å². The van der Waals surface area contributed by atoms with Crippen LogP contribution in [0.1, 0.15) is 29.8 Å². The van der Waals surface area contributed by atoms with Crippen LogP contribution in [0.25, 0.3) is 0 Å². The topological polar surface area (TPSA) is 62.2 Å². The Labute approximate surface area is 187 Å². The number of aliphatic hydroxyl groups is 1. The number of para-hydroxylation sites is 1. The van der Waals surface area contributed by atoms with Crippen LogP contribution in [0, 0.1) is 5.82 Å². The number of rotatable bonds is 11. The first kappa shape index (κ1) is 23.7. The molecule has 0 saturated carbocycles. The standard InChI is InChI=1S/C23H31FN2O4S/c1-17(27)14-25(10-5-12-29-2)15-23(28)26-11-8-22-18(9-13-31-22)20(26)16-30-21-7-4-3-6-19(21)24/h3-4,6-7,9,13,17,20,27H,5,8,10-12,14-16H2,1-2H3/t17-,20+/m0/s1. The fraction of sp³-hybridized carbons (Fsp3) is 0.522. The maximum atomic E-state index is 14.0. The molecule has 0 aliphatic carbocycles. The maximum Gasteiger partial charge on any atom is 0.237 e. The lowest BCUT2D eigenvalue weighted by atomic mass is 10.0. The molecular formula is C23H31FN2O4S. The van der Waals surface area contributed by atoms with E-state index < -0.39 is 11.9 Å². The second-order valence-electron chi connectivity index (χ2n) is 7.82. The molecule has 0 bridgehead atoms. The van der Waals surface area contributed by atoms with E-state index in [1.54, 1.807) is 43.6 Å². The smallest absolute Gasteiger partial charge is 0.237 e. The van der Waals surface area contributed by atoms with Crippen LogP contribution < -0.4 is 4.74 Å². The minimum absolute atomic E-state index is 0.0166. The van der Waals surface area contributed by atoms with Gasteiger partial charge in [0, 0.05) is 38.2 Å². The first-order valence-corrected chi connectivity index (χ1v) is 11.5. The van der Waals surface area contributed by atoms with Gasteiger partial charge in [0.1, 0.15) is 6.61 Å². The third kappa shape index (κ3) is 6.49. The number of fused-ring (bicyclic) bond motifs is 1. The lowest BCUT2D eigenvalue weighted by Crippen LogP contribution is -2.47. The van der Waals surface area contributed by atoms with Crippen LogP contribution in [0.3, 0.4) is 0 Å². The molecular weight excluding hydrogens is 419 g/mol. The van der Waals surface area contributed by atoms with Crippen LogP contribution in [-0.4, -0.2) is 73.4 Å². The van der Waals surface area contributed by atoms with E-state index in [2.05, 4.69) is 0 Å². The Balaban J connectivity index is 1.72. The number of hydrogen-bond acceptors (Lipinski definition) is 6. The van der Waals surface area contributed by atoms with Gasteiger partial charge in [0.05, 0.1) is 18.7 Å². The fourth-order valence-corrected chi connectivity index (χ4v) is 4.86. The Morgan fingerprint density at radius 2 is 2.19 bits per heavy atom. The second-order valence-corrected chi connectivity index (χ2v) is 8.82. The number of thiophene rings is 1. The largest absolute Gasteiger partial charge is 0.488 e. The highest BCUT2D eigenvalue weighted by atomic mass is 32.1. The summed E-state index contributed by atoms with van der Waals surface area (Å²) in [5.41, 5.74) is 1.07. The van der Waals surface area contributed by atoms with Gasteiger partial charge in [-0.15, -0.1) is 11.3 Å². The van der Waals surface area contributed by atoms with Crippen molar-refractivity contribution >= 4 is 17.2 Å². The molecule has 170 valence electrons. The van der Waals surface area contributed by atoms with Crippen LogP contribution in [0.2, 0.25) is 0 Å². The number of methoxy groups -OCH3 is 1. The normalized spacial score (nSPS) is 16.9. The Bertz CT molecular complexity index is 844. The maximum absolute atomic E-state index is 14.0. The monoisotopic (exact) mass is 450 g/mol. The fourth-order valence-electron chi connectivity index (χ4n) is 3.93. The Morgan fingerprint density at radius 1 is 1.39 bits per heavy atom. The van der Waals surface area contributed by atoms with Crippen molar-refractivity contribution in [2.45, 2.75) is 31.9 Å². The Kier molecular flexibility index (Phi) is 8.83. The number of hydrogen-bond donors (Lipinski definition) is 1. The molecule has 0 unspecified atom stereocenters. The third-order valence-electron chi connectivity index (χ3n) is 5.35. The minimum Gasteiger partial charge on any atom is -0.488 e. The highest BCUT2D eigenvalue weighted by Crippen LogP contribution is 2.34. The number of amides is 1. The molecule has 1 amide bonds. The summed E-state index contributed by atoms with van der Waals surface area (Å²) in [6, 6.07) is 8.07. The zero-order chi connectivity index (χ0) is 22.2. The number of carbonyl (C=O) groups is 1. The average Bonchev–Trinajstić information content (AvgIpc) is 3.21. The lowest BCUT2D eigenvalue weighted by molar-refractivity contribution is -0.136. The first-order chi connectivity index (χ1) is 15.0. The predicted molar refractivity (Wildman–Crippen MR) is 119 cm³/mol. The van der Waals surface area contributed by atoms with Crippen molar-refractivity contribution in [1.29, 1.82) is 0 Å². The Morgan fingerprint density at radius 3 is 2.94 bits per heavy atom. The summed E-state index contributed by atoms with van der Waals surface area (Å²) in [6.45, 7) is 4.41. The highest BCUT2D eigenvalue weighted by Gasteiger charge is 2.33. The van der Waals surface area contributed by atoms with Gasteiger partial charge in [0.25, 0.3) is 0 Å². The van der Waals surface area contributed by atoms with E-state index in [0.29, 0.717) is 26.2 Å². The van der Waals surface area contributed by atoms with Gasteiger partial charge in [-0.25, -0.2) is 4.39 Å². The van der Waals surface area contributed by atoms with Gasteiger partial charge < -0.3 is 19.5 Å². The quantitative estimate of drug-likeness (QED) is 0.533. The van der Waals surface area contributed by atoms with E-state index >= 15 is 0 Å². The average molecular weight is 451 g/mol. The van der Waals surface area contributed by atoms with Gasteiger partial charge in [-0.1, -0.05) is 12.1 Å². The van der Waals surface area contributed by atoms with E-state index in [1.807, 2.05) is 21.2 Å². The Hall–Kier alpha value is -2.00. The summed E-state index contributed by atoms with van der Waals surface area (Å²) in [6.07, 6.45) is 1.06. The number of nitrogens with zero attached hydrogens (tertiary/aromatic N) is 2. The van der Waals surface area contributed by atoms with E-state index in [9.17, 15) is 14.3 Å². The van der Waals surface area contributed by atoms with Gasteiger partial charge in [0.15, 0.2) is 11.6 Å². The minimum atomic E-state index is -0.527. The van der Waals surface area contributed by atoms with Gasteiger partial charge in [-0.2, -0.15) is 0 Å². The molecule has 1 aliphatic rings. The molecule has 0 fully saturated rings. The number of carbonyl (C=O) groups excluding carboxylic acids is 1. The molecule has 0 saturated heterocycles. The van der Waals surface area contributed by atoms with Crippen molar-refractivity contribution in [1.82, 2.24) is 9.80 Å². The summed E-state index contributed by atoms with van der Waals surface area (Å²) >= 11 is 1.68. The van der Waals surface area contributed by atoms with Crippen LogP contribution >= 0.6 is 11.3 Å².